The van der Waals surface area contributed by atoms with E-state index >= 15 is 0 Å². The third kappa shape index (κ3) is 12.9. The number of aliphatic imine (C=N–C) groups is 1. The number of guanidine groups is 1. The Morgan fingerprint density at radius 2 is 1.51 bits per heavy atom. The van der Waals surface area contributed by atoms with Gasteiger partial charge < -0.3 is 53.5 Å². The van der Waals surface area contributed by atoms with E-state index in [4.69, 9.17) is 22.3 Å². The van der Waals surface area contributed by atoms with Gasteiger partial charge in [0, 0.05) is 31.3 Å². The van der Waals surface area contributed by atoms with Gasteiger partial charge in [0.25, 0.3) is 0 Å². The molecular formula is C21H33N9O9. The van der Waals surface area contributed by atoms with Gasteiger partial charge in [-0.1, -0.05) is 0 Å². The average molecular weight is 556 g/mol. The lowest BCUT2D eigenvalue weighted by Crippen LogP contribution is -2.57. The number of carboxylic acids is 3. The number of nitrogens with zero attached hydrogens (tertiary/aromatic N) is 2. The summed E-state index contributed by atoms with van der Waals surface area (Å²) in [6.45, 7) is 0.190. The fourth-order valence-electron chi connectivity index (χ4n) is 3.21. The maximum atomic E-state index is 12.9. The summed E-state index contributed by atoms with van der Waals surface area (Å²) in [5.41, 5.74) is 16.6. The van der Waals surface area contributed by atoms with Gasteiger partial charge in [-0.05, 0) is 19.3 Å². The average Bonchev–Trinajstić information content (AvgIpc) is 3.35. The van der Waals surface area contributed by atoms with Crippen LogP contribution >= 0.6 is 0 Å². The number of hydrogen-bond acceptors (Lipinski definition) is 9. The summed E-state index contributed by atoms with van der Waals surface area (Å²) in [5.74, 6) is -7.36. The van der Waals surface area contributed by atoms with Crippen LogP contribution in [0.15, 0.2) is 17.5 Å². The molecule has 0 aromatic carbocycles. The van der Waals surface area contributed by atoms with Crippen molar-refractivity contribution in [3.8, 4) is 0 Å². The number of hydrogen-bond donors (Lipinski definition) is 10. The molecule has 1 aromatic rings. The molecule has 13 N–H and O–H groups in total. The third-order valence-electron chi connectivity index (χ3n) is 5.19. The number of imidazole rings is 1. The predicted molar refractivity (Wildman–Crippen MR) is 133 cm³/mol. The summed E-state index contributed by atoms with van der Waals surface area (Å²) in [7, 11) is 0. The van der Waals surface area contributed by atoms with Gasteiger partial charge >= 0.3 is 17.9 Å². The number of aromatic amines is 1. The summed E-state index contributed by atoms with van der Waals surface area (Å²) < 4.78 is 0. The zero-order valence-corrected chi connectivity index (χ0v) is 20.8. The fourth-order valence-corrected chi connectivity index (χ4v) is 3.21. The Morgan fingerprint density at radius 3 is 2.05 bits per heavy atom. The van der Waals surface area contributed by atoms with Crippen molar-refractivity contribution in [3.63, 3.8) is 0 Å². The van der Waals surface area contributed by atoms with Crippen LogP contribution in [0, 0.1) is 0 Å². The van der Waals surface area contributed by atoms with Crippen molar-refractivity contribution in [1.29, 1.82) is 0 Å². The number of amides is 3. The Morgan fingerprint density at radius 1 is 0.897 bits per heavy atom. The molecule has 0 spiro atoms. The van der Waals surface area contributed by atoms with E-state index in [1.807, 2.05) is 0 Å². The second-order valence-corrected chi connectivity index (χ2v) is 8.39. The minimum Gasteiger partial charge on any atom is -0.481 e. The van der Waals surface area contributed by atoms with Crippen molar-refractivity contribution < 1.29 is 44.1 Å². The maximum Gasteiger partial charge on any atom is 0.326 e. The van der Waals surface area contributed by atoms with Gasteiger partial charge in [-0.25, -0.2) is 9.78 Å². The molecule has 0 aliphatic carbocycles. The van der Waals surface area contributed by atoms with Crippen molar-refractivity contribution in [2.24, 2.45) is 22.2 Å². The summed E-state index contributed by atoms with van der Waals surface area (Å²) in [6.07, 6.45) is 0.956. The van der Waals surface area contributed by atoms with Crippen LogP contribution in [0.2, 0.25) is 0 Å². The number of rotatable bonds is 18. The molecule has 216 valence electrons. The lowest BCUT2D eigenvalue weighted by molar-refractivity contribution is -0.143. The molecular weight excluding hydrogens is 522 g/mol. The van der Waals surface area contributed by atoms with E-state index in [1.165, 1.54) is 12.5 Å². The zero-order valence-electron chi connectivity index (χ0n) is 20.8. The molecule has 0 aliphatic rings. The topological polar surface area (TPSA) is 318 Å². The van der Waals surface area contributed by atoms with Gasteiger partial charge in [-0.15, -0.1) is 0 Å². The summed E-state index contributed by atoms with van der Waals surface area (Å²) in [5, 5.41) is 34.3. The van der Waals surface area contributed by atoms with E-state index in [-0.39, 0.29) is 25.3 Å². The van der Waals surface area contributed by atoms with Crippen LogP contribution in [0.25, 0.3) is 0 Å². The summed E-state index contributed by atoms with van der Waals surface area (Å²) >= 11 is 0. The molecule has 18 nitrogen and oxygen atoms in total. The molecule has 1 rings (SSSR count). The van der Waals surface area contributed by atoms with E-state index in [0.29, 0.717) is 12.1 Å². The molecule has 1 heterocycles. The first-order valence-corrected chi connectivity index (χ1v) is 11.7. The number of aliphatic carboxylic acids is 3. The molecule has 0 fully saturated rings. The number of nitrogens with two attached hydrogens (primary N) is 3. The van der Waals surface area contributed by atoms with Gasteiger partial charge in [-0.2, -0.15) is 0 Å². The van der Waals surface area contributed by atoms with Gasteiger partial charge in [0.2, 0.25) is 17.7 Å². The van der Waals surface area contributed by atoms with Crippen LogP contribution in [0.5, 0.6) is 0 Å². The highest BCUT2D eigenvalue weighted by atomic mass is 16.4. The van der Waals surface area contributed by atoms with Crippen molar-refractivity contribution in [3.05, 3.63) is 18.2 Å². The van der Waals surface area contributed by atoms with Crippen molar-refractivity contribution >= 4 is 41.6 Å². The minimum atomic E-state index is -1.75. The first-order valence-electron chi connectivity index (χ1n) is 11.7. The van der Waals surface area contributed by atoms with E-state index < -0.39 is 79.1 Å². The van der Waals surface area contributed by atoms with Gasteiger partial charge in [0.15, 0.2) is 5.96 Å². The Labute approximate surface area is 221 Å². The summed E-state index contributed by atoms with van der Waals surface area (Å²) in [4.78, 5) is 82.4. The van der Waals surface area contributed by atoms with Gasteiger partial charge in [0.05, 0.1) is 18.8 Å². The van der Waals surface area contributed by atoms with Gasteiger partial charge in [-0.3, -0.25) is 29.0 Å². The fraction of sp³-hybridized carbons (Fsp3) is 0.524. The van der Waals surface area contributed by atoms with Crippen molar-refractivity contribution in [2.45, 2.75) is 62.7 Å². The molecule has 4 unspecified atom stereocenters. The Balaban J connectivity index is 2.95. The van der Waals surface area contributed by atoms with Crippen LogP contribution in [0.3, 0.4) is 0 Å². The number of H-pyrrole nitrogens is 1. The molecule has 18 heteroatoms. The maximum absolute atomic E-state index is 12.9. The molecule has 0 radical (unpaired) electrons. The monoisotopic (exact) mass is 555 g/mol. The number of carboxylic acid groups (broad SMARTS) is 3. The van der Waals surface area contributed by atoms with Crippen molar-refractivity contribution in [2.75, 3.05) is 6.54 Å². The summed E-state index contributed by atoms with van der Waals surface area (Å²) in [6, 6.07) is -5.86. The Kier molecular flexibility index (Phi) is 13.4. The number of carbonyl (C=O) groups is 6. The highest BCUT2D eigenvalue weighted by Gasteiger charge is 2.32. The lowest BCUT2D eigenvalue weighted by atomic mass is 10.1. The first-order chi connectivity index (χ1) is 18.3. The molecule has 0 saturated carbocycles. The van der Waals surface area contributed by atoms with E-state index in [2.05, 4.69) is 30.9 Å². The number of carbonyl (C=O) groups excluding carboxylic acids is 3. The highest BCUT2D eigenvalue weighted by molar-refractivity contribution is 5.95. The Hall–Kier alpha value is -4.74. The lowest BCUT2D eigenvalue weighted by Gasteiger charge is -2.24. The smallest absolute Gasteiger partial charge is 0.326 e. The standard InChI is InChI=1S/C21H33N9O9/c22-11(2-1-5-26-21(23)24)17(35)28-12(3-4-15(31)32)18(36)29-13(7-16(33)34)19(37)30-14(20(38)39)6-10-8-25-9-27-10/h8-9,11-14H,1-7,22H2,(H,25,27)(H,28,35)(H,29,36)(H,30,37)(H,31,32)(H,33,34)(H,38,39)(H4,23,24,26). The third-order valence-corrected chi connectivity index (χ3v) is 5.19. The molecule has 1 aromatic heterocycles. The second-order valence-electron chi connectivity index (χ2n) is 8.39. The van der Waals surface area contributed by atoms with Crippen LogP contribution in [0.4, 0.5) is 0 Å². The quantitative estimate of drug-likeness (QED) is 0.0472. The van der Waals surface area contributed by atoms with Crippen LogP contribution in [-0.2, 0) is 35.2 Å². The number of aromatic nitrogens is 2. The van der Waals surface area contributed by atoms with E-state index in [1.54, 1.807) is 0 Å². The molecule has 0 bridgehead atoms. The molecule has 0 saturated heterocycles. The predicted octanol–water partition coefficient (Wildman–Crippen LogP) is -3.79. The zero-order chi connectivity index (χ0) is 29.5. The SMILES string of the molecule is NC(N)=NCCCC(N)C(=O)NC(CCC(=O)O)C(=O)NC(CC(=O)O)C(=O)NC(Cc1cnc[nH]1)C(=O)O. The number of nitrogens with one attached hydrogen (secondary N) is 4. The van der Waals surface area contributed by atoms with Crippen molar-refractivity contribution in [1.82, 2.24) is 25.9 Å². The molecule has 0 aliphatic heterocycles. The first kappa shape index (κ1) is 32.3. The molecule has 4 atom stereocenters. The Bertz CT molecular complexity index is 1040. The van der Waals surface area contributed by atoms with Crippen LogP contribution < -0.4 is 33.2 Å². The highest BCUT2D eigenvalue weighted by Crippen LogP contribution is 2.05. The van der Waals surface area contributed by atoms with E-state index in [0.717, 1.165) is 0 Å². The molecule has 3 amide bonds. The second kappa shape index (κ2) is 16.2. The normalized spacial score (nSPS) is 13.7. The minimum absolute atomic E-state index is 0.118. The van der Waals surface area contributed by atoms with Crippen LogP contribution in [0.1, 0.15) is 37.8 Å². The largest absolute Gasteiger partial charge is 0.481 e. The van der Waals surface area contributed by atoms with E-state index in [9.17, 15) is 39.0 Å². The van der Waals surface area contributed by atoms with Gasteiger partial charge in [0.1, 0.15) is 18.1 Å². The van der Waals surface area contributed by atoms with Crippen LogP contribution in [-0.4, -0.2) is 97.6 Å². The molecule has 39 heavy (non-hydrogen) atoms.